The highest BCUT2D eigenvalue weighted by Gasteiger charge is 2.49. The van der Waals surface area contributed by atoms with Crippen LogP contribution >= 0.6 is 0 Å². The molecular formula is C24H40O4. The van der Waals surface area contributed by atoms with Gasteiger partial charge in [-0.25, -0.2) is 9.78 Å². The van der Waals surface area contributed by atoms with Crippen molar-refractivity contribution in [3.05, 3.63) is 11.6 Å². The maximum atomic E-state index is 11.2. The van der Waals surface area contributed by atoms with Crippen molar-refractivity contribution >= 4 is 5.97 Å². The van der Waals surface area contributed by atoms with Crippen LogP contribution in [0.1, 0.15) is 92.9 Å². The lowest BCUT2D eigenvalue weighted by Crippen LogP contribution is -2.45. The lowest BCUT2D eigenvalue weighted by atomic mass is 9.52. The summed E-state index contributed by atoms with van der Waals surface area (Å²) < 4.78 is 0. The Kier molecular flexibility index (Phi) is 6.05. The zero-order valence-electron chi connectivity index (χ0n) is 18.7. The average Bonchev–Trinajstić information content (AvgIpc) is 2.63. The molecule has 3 rings (SSSR count). The van der Waals surface area contributed by atoms with Gasteiger partial charge in [0.05, 0.1) is 5.92 Å². The Hall–Kier alpha value is -0.870. The third kappa shape index (κ3) is 4.05. The van der Waals surface area contributed by atoms with Gasteiger partial charge in [0.1, 0.15) is 11.7 Å². The van der Waals surface area contributed by atoms with Gasteiger partial charge in [-0.15, -0.1) is 0 Å². The number of fused-ring (bicyclic) bond motifs is 1. The first kappa shape index (κ1) is 21.8. The SMILES string of the molecule is CC1CCC2C(=CCCC2(C)C)[C@]1(C)CC[C@]1(C)CC[C@@H]([C@H](C)C(=O)O)OO1. The zero-order valence-corrected chi connectivity index (χ0v) is 18.7. The molecule has 2 unspecified atom stereocenters. The van der Waals surface area contributed by atoms with Gasteiger partial charge in [-0.2, -0.15) is 0 Å². The molecule has 1 aliphatic heterocycles. The first-order chi connectivity index (χ1) is 13.0. The molecular weight excluding hydrogens is 352 g/mol. The highest BCUT2D eigenvalue weighted by molar-refractivity contribution is 5.70. The van der Waals surface area contributed by atoms with E-state index in [1.54, 1.807) is 12.5 Å². The quantitative estimate of drug-likeness (QED) is 0.450. The molecule has 1 heterocycles. The summed E-state index contributed by atoms with van der Waals surface area (Å²) in [6.07, 6.45) is 11.0. The van der Waals surface area contributed by atoms with Gasteiger partial charge >= 0.3 is 5.97 Å². The highest BCUT2D eigenvalue weighted by Crippen LogP contribution is 2.58. The molecule has 2 fully saturated rings. The summed E-state index contributed by atoms with van der Waals surface area (Å²) in [6.45, 7) is 13.6. The van der Waals surface area contributed by atoms with E-state index < -0.39 is 11.9 Å². The minimum atomic E-state index is -0.821. The van der Waals surface area contributed by atoms with E-state index >= 15 is 0 Å². The molecule has 1 saturated heterocycles. The van der Waals surface area contributed by atoms with Crippen molar-refractivity contribution in [1.29, 1.82) is 0 Å². The zero-order chi connectivity index (χ0) is 20.7. The number of carboxylic acid groups (broad SMARTS) is 1. The first-order valence-corrected chi connectivity index (χ1v) is 11.3. The molecule has 0 bridgehead atoms. The summed E-state index contributed by atoms with van der Waals surface area (Å²) in [4.78, 5) is 22.6. The van der Waals surface area contributed by atoms with Gasteiger partial charge in [0.15, 0.2) is 0 Å². The Labute approximate surface area is 171 Å². The number of aliphatic carboxylic acids is 1. The number of hydrogen-bond acceptors (Lipinski definition) is 3. The van der Waals surface area contributed by atoms with Gasteiger partial charge in [0.2, 0.25) is 0 Å². The molecule has 0 aromatic heterocycles. The van der Waals surface area contributed by atoms with E-state index in [0.717, 1.165) is 25.7 Å². The molecule has 28 heavy (non-hydrogen) atoms. The smallest absolute Gasteiger partial charge is 0.308 e. The van der Waals surface area contributed by atoms with Crippen molar-refractivity contribution in [2.24, 2.45) is 28.6 Å². The van der Waals surface area contributed by atoms with Crippen molar-refractivity contribution in [2.45, 2.75) is 105 Å². The molecule has 0 radical (unpaired) electrons. The monoisotopic (exact) mass is 392 g/mol. The van der Waals surface area contributed by atoms with Crippen LogP contribution in [0.25, 0.3) is 0 Å². The third-order valence-corrected chi connectivity index (χ3v) is 8.56. The van der Waals surface area contributed by atoms with E-state index in [0.29, 0.717) is 17.3 Å². The normalized spacial score (nSPS) is 41.6. The first-order valence-electron chi connectivity index (χ1n) is 11.3. The van der Waals surface area contributed by atoms with Crippen molar-refractivity contribution in [1.82, 2.24) is 0 Å². The second-order valence-electron chi connectivity index (χ2n) is 11.0. The second kappa shape index (κ2) is 7.75. The van der Waals surface area contributed by atoms with Crippen molar-refractivity contribution in [2.75, 3.05) is 0 Å². The van der Waals surface area contributed by atoms with Crippen LogP contribution < -0.4 is 0 Å². The van der Waals surface area contributed by atoms with E-state index in [1.165, 1.54) is 25.7 Å². The summed E-state index contributed by atoms with van der Waals surface area (Å²) in [5.74, 6) is 0.0332. The summed E-state index contributed by atoms with van der Waals surface area (Å²) in [5, 5.41) is 9.21. The standard InChI is InChI=1S/C24H40O4/c1-16-9-10-18-19(8-7-12-22(18,3)4)24(16,6)15-14-23(5)13-11-20(27-28-23)17(2)21(25)26/h8,16-18,20H,7,9-15H2,1-6H3,(H,25,26)/t16?,17-,18?,20-,23-,24+/m0/s1. The maximum absolute atomic E-state index is 11.2. The van der Waals surface area contributed by atoms with Crippen LogP contribution in [-0.2, 0) is 14.6 Å². The van der Waals surface area contributed by atoms with E-state index in [4.69, 9.17) is 9.78 Å². The van der Waals surface area contributed by atoms with Crippen LogP contribution in [0.3, 0.4) is 0 Å². The fourth-order valence-electron chi connectivity index (χ4n) is 5.82. The molecule has 160 valence electrons. The maximum Gasteiger partial charge on any atom is 0.308 e. The summed E-state index contributed by atoms with van der Waals surface area (Å²) in [7, 11) is 0. The number of hydrogen-bond donors (Lipinski definition) is 1. The fourth-order valence-corrected chi connectivity index (χ4v) is 5.82. The summed E-state index contributed by atoms with van der Waals surface area (Å²) in [6, 6.07) is 0. The van der Waals surface area contributed by atoms with Gasteiger partial charge in [-0.1, -0.05) is 39.3 Å². The molecule has 0 amide bonds. The fraction of sp³-hybridized carbons (Fsp3) is 0.875. The largest absolute Gasteiger partial charge is 0.481 e. The predicted octanol–water partition coefficient (Wildman–Crippen LogP) is 6.16. The number of rotatable bonds is 5. The highest BCUT2D eigenvalue weighted by atomic mass is 17.2. The third-order valence-electron chi connectivity index (χ3n) is 8.56. The number of carbonyl (C=O) groups is 1. The van der Waals surface area contributed by atoms with Crippen molar-refractivity contribution < 1.29 is 19.7 Å². The lowest BCUT2D eigenvalue weighted by Gasteiger charge is -2.53. The lowest BCUT2D eigenvalue weighted by molar-refractivity contribution is -0.411. The van der Waals surface area contributed by atoms with Crippen molar-refractivity contribution in [3.8, 4) is 0 Å². The topological polar surface area (TPSA) is 55.8 Å². The molecule has 4 nitrogen and oxygen atoms in total. The molecule has 1 N–H and O–H groups in total. The molecule has 0 aromatic rings. The molecule has 1 saturated carbocycles. The Morgan fingerprint density at radius 1 is 1.18 bits per heavy atom. The van der Waals surface area contributed by atoms with E-state index in [1.807, 2.05) is 0 Å². The molecule has 4 heteroatoms. The Morgan fingerprint density at radius 2 is 1.89 bits per heavy atom. The van der Waals surface area contributed by atoms with E-state index in [2.05, 4.69) is 40.7 Å². The van der Waals surface area contributed by atoms with Gasteiger partial charge in [0, 0.05) is 0 Å². The Balaban J connectivity index is 1.67. The molecule has 2 aliphatic carbocycles. The second-order valence-corrected chi connectivity index (χ2v) is 11.0. The molecule has 0 aromatic carbocycles. The molecule has 6 atom stereocenters. The van der Waals surface area contributed by atoms with Crippen LogP contribution in [0.2, 0.25) is 0 Å². The minimum absolute atomic E-state index is 0.220. The summed E-state index contributed by atoms with van der Waals surface area (Å²) >= 11 is 0. The Bertz CT molecular complexity index is 614. The van der Waals surface area contributed by atoms with E-state index in [9.17, 15) is 9.90 Å². The van der Waals surface area contributed by atoms with Crippen LogP contribution in [0.15, 0.2) is 11.6 Å². The van der Waals surface area contributed by atoms with Crippen LogP contribution in [0.4, 0.5) is 0 Å². The average molecular weight is 393 g/mol. The van der Waals surface area contributed by atoms with E-state index in [-0.39, 0.29) is 17.1 Å². The number of carboxylic acids is 1. The molecule has 3 aliphatic rings. The predicted molar refractivity (Wildman–Crippen MR) is 111 cm³/mol. The van der Waals surface area contributed by atoms with Crippen LogP contribution in [0.5, 0.6) is 0 Å². The van der Waals surface area contributed by atoms with Crippen LogP contribution in [0, 0.1) is 28.6 Å². The van der Waals surface area contributed by atoms with Crippen molar-refractivity contribution in [3.63, 3.8) is 0 Å². The number of allylic oxidation sites excluding steroid dienone is 2. The van der Waals surface area contributed by atoms with Gasteiger partial charge < -0.3 is 5.11 Å². The van der Waals surface area contributed by atoms with Gasteiger partial charge in [-0.3, -0.25) is 4.79 Å². The minimum Gasteiger partial charge on any atom is -0.481 e. The van der Waals surface area contributed by atoms with Gasteiger partial charge in [-0.05, 0) is 87.9 Å². The van der Waals surface area contributed by atoms with Crippen LogP contribution in [-0.4, -0.2) is 22.8 Å². The Morgan fingerprint density at radius 3 is 2.50 bits per heavy atom. The van der Waals surface area contributed by atoms with Gasteiger partial charge in [0.25, 0.3) is 0 Å². The molecule has 0 spiro atoms. The summed E-state index contributed by atoms with van der Waals surface area (Å²) in [5.41, 5.74) is 1.99.